The summed E-state index contributed by atoms with van der Waals surface area (Å²) in [4.78, 5) is 112. The van der Waals surface area contributed by atoms with Crippen molar-refractivity contribution in [2.45, 2.75) is 373 Å². The Labute approximate surface area is 632 Å². The maximum atomic E-state index is 14.8. The van der Waals surface area contributed by atoms with Gasteiger partial charge in [-0.25, -0.2) is 4.79 Å². The zero-order valence-electron chi connectivity index (χ0n) is 66.8. The van der Waals surface area contributed by atoms with Gasteiger partial charge in [0, 0.05) is 64.9 Å². The minimum Gasteiger partial charge on any atom is -0.462 e. The number of ketones is 2. The Hall–Kier alpha value is -4.86. The molecule has 1 saturated heterocycles. The van der Waals surface area contributed by atoms with Crippen LogP contribution in [0.4, 0.5) is 0 Å². The number of nitrogens with zero attached hydrogens (tertiary/aromatic N) is 1. The van der Waals surface area contributed by atoms with Gasteiger partial charge in [-0.1, -0.05) is 213 Å². The monoisotopic (exact) mass is 1480 g/mol. The van der Waals surface area contributed by atoms with Gasteiger partial charge >= 0.3 is 29.8 Å². The number of methoxy groups -OCH3 is 3. The molecule has 20 nitrogen and oxygen atoms in total. The zero-order chi connectivity index (χ0) is 76.9. The fraction of sp³-hybridized carbons (Fsp3) is 0.835. The third-order valence-electron chi connectivity index (χ3n) is 22.7. The van der Waals surface area contributed by atoms with Crippen LogP contribution in [0.25, 0.3) is 0 Å². The fourth-order valence-electron chi connectivity index (χ4n) is 16.1. The molecule has 0 radical (unpaired) electrons. The van der Waals surface area contributed by atoms with Crippen LogP contribution in [0, 0.1) is 35.5 Å². The van der Waals surface area contributed by atoms with Gasteiger partial charge in [0.1, 0.15) is 36.7 Å². The zero-order valence-corrected chi connectivity index (χ0v) is 66.8. The molecule has 0 spiro atoms. The first-order valence-corrected chi connectivity index (χ1v) is 41.4. The molecule has 0 aromatic carbocycles. The summed E-state index contributed by atoms with van der Waals surface area (Å²) in [6.07, 6.45) is 35.0. The molecule has 4 aliphatic rings. The number of unbranched alkanes of at least 4 members (excludes halogenated alkanes) is 24. The average molecular weight is 1480 g/mol. The van der Waals surface area contributed by atoms with Gasteiger partial charge in [0.15, 0.2) is 12.9 Å². The number of ether oxygens (including phenoxy) is 9. The molecule has 1 amide bonds. The molecule has 105 heavy (non-hydrogen) atoms. The van der Waals surface area contributed by atoms with Crippen LogP contribution in [0.3, 0.4) is 0 Å². The lowest BCUT2D eigenvalue weighted by molar-refractivity contribution is -0.178. The second-order valence-electron chi connectivity index (χ2n) is 31.5. The molecule has 2 aliphatic heterocycles. The maximum Gasteiger partial charge on any atom is 0.329 e. The molecule has 14 atom stereocenters. The van der Waals surface area contributed by atoms with Crippen LogP contribution in [0.2, 0.25) is 0 Å². The summed E-state index contributed by atoms with van der Waals surface area (Å²) in [6.45, 7) is 16.8. The summed E-state index contributed by atoms with van der Waals surface area (Å²) in [5, 5.41) is 24.6. The molecule has 0 aromatic heterocycles. The van der Waals surface area contributed by atoms with Crippen molar-refractivity contribution in [1.82, 2.24) is 4.90 Å². The quantitative estimate of drug-likeness (QED) is 0.0143. The number of cyclic esters (lactones) is 1. The lowest BCUT2D eigenvalue weighted by Crippen LogP contribution is -2.61. The second-order valence-corrected chi connectivity index (χ2v) is 31.5. The minimum absolute atomic E-state index is 0.0380. The molecule has 3 fully saturated rings. The number of hydrogen-bond acceptors (Lipinski definition) is 19. The lowest BCUT2D eigenvalue weighted by Gasteiger charge is -2.47. The first-order valence-electron chi connectivity index (χ1n) is 41.4. The van der Waals surface area contributed by atoms with Gasteiger partial charge in [-0.2, -0.15) is 0 Å². The van der Waals surface area contributed by atoms with Crippen LogP contribution < -0.4 is 0 Å². The topological polar surface area (TPSA) is 263 Å². The molecule has 20 heteroatoms. The number of rotatable bonds is 46. The summed E-state index contributed by atoms with van der Waals surface area (Å²) in [6, 6.07) is -1.17. The molecule has 0 aromatic rings. The van der Waals surface area contributed by atoms with Crippen LogP contribution in [-0.2, 0) is 81.0 Å². The summed E-state index contributed by atoms with van der Waals surface area (Å²) in [5.74, 6) is -7.90. The Morgan fingerprint density at radius 2 is 1.13 bits per heavy atom. The van der Waals surface area contributed by atoms with Gasteiger partial charge < -0.3 is 57.7 Å². The number of aliphatic hydroxyl groups excluding tert-OH is 1. The number of piperidine rings is 1. The van der Waals surface area contributed by atoms with Gasteiger partial charge in [-0.3, -0.25) is 33.6 Å². The number of allylic oxidation sites excluding steroid dienone is 4. The lowest BCUT2D eigenvalue weighted by atomic mass is 9.65. The van der Waals surface area contributed by atoms with E-state index >= 15 is 0 Å². The summed E-state index contributed by atoms with van der Waals surface area (Å²) >= 11 is 0. The van der Waals surface area contributed by atoms with E-state index in [-0.39, 0.29) is 88.4 Å². The van der Waals surface area contributed by atoms with Gasteiger partial charge in [0.05, 0.1) is 43.4 Å². The third kappa shape index (κ3) is 34.7. The molecule has 2 N–H and O–H groups in total. The van der Waals surface area contributed by atoms with Crippen molar-refractivity contribution in [2.24, 2.45) is 35.5 Å². The number of carbonyl (C=O) groups excluding carboxylic acids is 8. The van der Waals surface area contributed by atoms with E-state index in [1.807, 2.05) is 19.1 Å². The smallest absolute Gasteiger partial charge is 0.329 e. The normalized spacial score (nSPS) is 27.5. The van der Waals surface area contributed by atoms with Gasteiger partial charge in [0.2, 0.25) is 0 Å². The van der Waals surface area contributed by atoms with Gasteiger partial charge in [-0.05, 0) is 121 Å². The number of carbonyl (C=O) groups is 8. The molecule has 602 valence electrons. The highest BCUT2D eigenvalue weighted by molar-refractivity contribution is 6.39. The van der Waals surface area contributed by atoms with Crippen molar-refractivity contribution in [3.8, 4) is 0 Å². The largest absolute Gasteiger partial charge is 0.462 e. The minimum atomic E-state index is -2.08. The Morgan fingerprint density at radius 3 is 1.66 bits per heavy atom. The van der Waals surface area contributed by atoms with Crippen molar-refractivity contribution in [1.29, 1.82) is 0 Å². The fourth-order valence-corrected chi connectivity index (χ4v) is 16.1. The molecular weight excluding hydrogens is 1340 g/mol. The average Bonchev–Trinajstić information content (AvgIpc) is 0.863. The number of esters is 5. The molecule has 4 rings (SSSR count). The summed E-state index contributed by atoms with van der Waals surface area (Å²) < 4.78 is 52.8. The Balaban J connectivity index is 1.37. The molecule has 1 unspecified atom stereocenters. The highest BCUT2D eigenvalue weighted by atomic mass is 16.7. The number of aliphatic hydroxyl groups is 2. The Kier molecular flexibility index (Phi) is 46.8. The highest BCUT2D eigenvalue weighted by Crippen LogP contribution is 2.44. The number of Topliss-reactive ketones (excluding diaryl/α,β-unsaturated/α-hetero) is 2. The third-order valence-corrected chi connectivity index (χ3v) is 22.7. The predicted octanol–water partition coefficient (Wildman–Crippen LogP) is 16.6. The van der Waals surface area contributed by atoms with Crippen LogP contribution in [0.5, 0.6) is 0 Å². The van der Waals surface area contributed by atoms with Crippen molar-refractivity contribution in [3.05, 3.63) is 36.0 Å². The number of amides is 1. The van der Waals surface area contributed by atoms with Crippen LogP contribution in [-0.4, -0.2) is 165 Å². The van der Waals surface area contributed by atoms with E-state index in [1.54, 1.807) is 48.2 Å². The molecular formula is C85H143NO19. The van der Waals surface area contributed by atoms with E-state index in [0.717, 1.165) is 44.1 Å². The Bertz CT molecular complexity index is 2560. The standard InChI is InChI=1S/C85H143NO19/c1-12-15-17-19-21-23-25-27-29-31-33-35-37-43-77(89)100-58-68(59-101-78(90)44-38-36-34-32-30-28-26-24-22-20-18-16-13-2)104-80(92)48-47-79(91)103-60-102-73-46-45-66(55-76(73)99-11)53-63(6)81-65(8)71(87)56-72(88)67(41-14-3)51-61(4)50-62(5)52-74(97-9)69-57-85(96,64(7)54-75(69)98-10)82(93)83(94)86-49-40-39-42-70(86)84(95)105-81/h14,51,53,62,64-71,73-76,81,87,96H,3,12-13,15-50,52,54-60H2,1-2,4-11H3/b61-51+,63-53+/t62-,64+,65+,66?,67+,69+,70-,71-,73+,74-,75-,76+,81+,85-/m0/s1. The van der Waals surface area contributed by atoms with Crippen molar-refractivity contribution in [2.75, 3.05) is 47.9 Å². The van der Waals surface area contributed by atoms with E-state index in [9.17, 15) is 48.6 Å². The van der Waals surface area contributed by atoms with Crippen molar-refractivity contribution in [3.63, 3.8) is 0 Å². The SMILES string of the molecule is C=CC[C@@H]1/C=C(\C)C[C@H](C)C[C@H](OC)[C@H]2C[C@@](O)(C(=O)C(=O)N3CCCC[C@H]3C(=O)O[C@H](/C(C)=C/C3CC[C@@H](OCOC(=O)CCC(=O)OC(COC(=O)CCCCCCCCCCCCCCC)COC(=O)CCCCCCCCCCCCCCC)[C@H](OC)C3)[C@H](C)[C@@H](O)CC1=O)[C@H](C)C[C@@H]2OC. The van der Waals surface area contributed by atoms with Crippen molar-refractivity contribution < 1.29 is 91.2 Å². The van der Waals surface area contributed by atoms with E-state index in [4.69, 9.17) is 42.6 Å². The van der Waals surface area contributed by atoms with E-state index in [2.05, 4.69) is 27.4 Å². The van der Waals surface area contributed by atoms with Crippen molar-refractivity contribution >= 4 is 47.3 Å². The maximum absolute atomic E-state index is 14.8. The number of hydrogen-bond donors (Lipinski definition) is 2. The van der Waals surface area contributed by atoms with Crippen LogP contribution in [0.1, 0.15) is 318 Å². The van der Waals surface area contributed by atoms with E-state index in [1.165, 1.54) is 120 Å². The molecule has 2 heterocycles. The summed E-state index contributed by atoms with van der Waals surface area (Å²) in [5.41, 5.74) is -0.524. The second kappa shape index (κ2) is 53.1. The van der Waals surface area contributed by atoms with Gasteiger partial charge in [-0.15, -0.1) is 6.58 Å². The molecule has 2 bridgehead atoms. The predicted molar refractivity (Wildman–Crippen MR) is 407 cm³/mol. The number of fused-ring (bicyclic) bond motifs is 3. The van der Waals surface area contributed by atoms with Crippen LogP contribution >= 0.6 is 0 Å². The summed E-state index contributed by atoms with van der Waals surface area (Å²) in [7, 11) is 4.74. The van der Waals surface area contributed by atoms with Gasteiger partial charge in [0.25, 0.3) is 11.7 Å². The highest BCUT2D eigenvalue weighted by Gasteiger charge is 2.55. The first-order chi connectivity index (χ1) is 50.5. The molecule has 2 aliphatic carbocycles. The molecule has 2 saturated carbocycles. The van der Waals surface area contributed by atoms with E-state index in [0.29, 0.717) is 76.2 Å². The first kappa shape index (κ1) is 92.5. The van der Waals surface area contributed by atoms with E-state index < -0.39 is 120 Å². The Morgan fingerprint density at radius 1 is 0.629 bits per heavy atom. The van der Waals surface area contributed by atoms with Crippen LogP contribution in [0.15, 0.2) is 36.0 Å².